The van der Waals surface area contributed by atoms with E-state index in [9.17, 15) is 5.26 Å². The van der Waals surface area contributed by atoms with Gasteiger partial charge in [0.15, 0.2) is 5.65 Å². The SMILES string of the molecule is CCc1c(C)c(C#N)c2nc3ccccc3n2c1N1CCN(c2ccc(Cl)cc2)CC1. The molecule has 5 nitrogen and oxygen atoms in total. The molecule has 1 fully saturated rings. The lowest BCUT2D eigenvalue weighted by molar-refractivity contribution is 0.642. The smallest absolute Gasteiger partial charge is 0.157 e. The lowest BCUT2D eigenvalue weighted by atomic mass is 10.0. The number of fused-ring (bicyclic) bond motifs is 3. The number of pyridine rings is 1. The highest BCUT2D eigenvalue weighted by Crippen LogP contribution is 2.34. The Morgan fingerprint density at radius 1 is 1.00 bits per heavy atom. The third-order valence-corrected chi connectivity index (χ3v) is 6.58. The van der Waals surface area contributed by atoms with Gasteiger partial charge >= 0.3 is 0 Å². The molecule has 0 spiro atoms. The summed E-state index contributed by atoms with van der Waals surface area (Å²) in [6.45, 7) is 7.90. The van der Waals surface area contributed by atoms with Crippen LogP contribution in [0.5, 0.6) is 0 Å². The predicted octanol–water partition coefficient (Wildman–Crippen LogP) is 5.21. The van der Waals surface area contributed by atoms with Crippen LogP contribution in [0.3, 0.4) is 0 Å². The van der Waals surface area contributed by atoms with Crippen LogP contribution in [-0.2, 0) is 6.42 Å². The number of piperazine rings is 1. The summed E-state index contributed by atoms with van der Waals surface area (Å²) in [7, 11) is 0. The average Bonchev–Trinajstić information content (AvgIpc) is 3.18. The first-order valence-electron chi connectivity index (χ1n) is 10.7. The average molecular weight is 430 g/mol. The molecular formula is C25H24ClN5. The van der Waals surface area contributed by atoms with E-state index in [1.165, 1.54) is 17.1 Å². The van der Waals surface area contributed by atoms with Crippen molar-refractivity contribution >= 4 is 39.8 Å². The minimum Gasteiger partial charge on any atom is -0.368 e. The summed E-state index contributed by atoms with van der Waals surface area (Å²) in [6.07, 6.45) is 0.871. The first-order valence-corrected chi connectivity index (χ1v) is 11.1. The van der Waals surface area contributed by atoms with Crippen LogP contribution in [0.2, 0.25) is 5.02 Å². The molecule has 1 aliphatic heterocycles. The summed E-state index contributed by atoms with van der Waals surface area (Å²) in [6, 6.07) is 18.6. The number of hydrogen-bond donors (Lipinski definition) is 0. The summed E-state index contributed by atoms with van der Waals surface area (Å²) >= 11 is 6.06. The number of imidazole rings is 1. The van der Waals surface area contributed by atoms with Crippen LogP contribution in [0.4, 0.5) is 11.5 Å². The molecule has 0 amide bonds. The van der Waals surface area contributed by atoms with Crippen LogP contribution < -0.4 is 9.80 Å². The number of hydrogen-bond acceptors (Lipinski definition) is 4. The first-order chi connectivity index (χ1) is 15.1. The van der Waals surface area contributed by atoms with Crippen LogP contribution in [0.25, 0.3) is 16.7 Å². The zero-order valence-electron chi connectivity index (χ0n) is 17.8. The molecule has 0 unspecified atom stereocenters. The van der Waals surface area contributed by atoms with E-state index in [0.717, 1.165) is 59.9 Å². The number of rotatable bonds is 3. The Labute approximate surface area is 187 Å². The Balaban J connectivity index is 1.61. The van der Waals surface area contributed by atoms with Gasteiger partial charge in [-0.1, -0.05) is 30.7 Å². The van der Waals surface area contributed by atoms with Gasteiger partial charge in [0.2, 0.25) is 0 Å². The van der Waals surface area contributed by atoms with Crippen molar-refractivity contribution < 1.29 is 0 Å². The van der Waals surface area contributed by atoms with Gasteiger partial charge in [0.1, 0.15) is 11.9 Å². The van der Waals surface area contributed by atoms with E-state index in [-0.39, 0.29) is 0 Å². The van der Waals surface area contributed by atoms with Crippen LogP contribution in [0.15, 0.2) is 48.5 Å². The first kappa shape index (κ1) is 19.7. The lowest BCUT2D eigenvalue weighted by Gasteiger charge is -2.38. The van der Waals surface area contributed by atoms with E-state index >= 15 is 0 Å². The zero-order valence-corrected chi connectivity index (χ0v) is 18.5. The van der Waals surface area contributed by atoms with Gasteiger partial charge in [-0.3, -0.25) is 4.40 Å². The van der Waals surface area contributed by atoms with Gasteiger partial charge in [-0.25, -0.2) is 4.98 Å². The molecule has 0 atom stereocenters. The van der Waals surface area contributed by atoms with Gasteiger partial charge in [0.05, 0.1) is 16.6 Å². The molecule has 5 rings (SSSR count). The van der Waals surface area contributed by atoms with E-state index in [1.54, 1.807) is 0 Å². The number of nitrogens with zero attached hydrogens (tertiary/aromatic N) is 5. The Hall–Kier alpha value is -3.23. The van der Waals surface area contributed by atoms with E-state index in [0.29, 0.717) is 5.56 Å². The second kappa shape index (κ2) is 7.79. The van der Waals surface area contributed by atoms with E-state index in [2.05, 4.69) is 52.3 Å². The fourth-order valence-electron chi connectivity index (χ4n) is 4.75. The topological polar surface area (TPSA) is 47.6 Å². The molecule has 0 bridgehead atoms. The Morgan fingerprint density at radius 3 is 2.35 bits per heavy atom. The Kier molecular flexibility index (Phi) is 4.95. The van der Waals surface area contributed by atoms with Crippen molar-refractivity contribution in [3.8, 4) is 6.07 Å². The van der Waals surface area contributed by atoms with Crippen LogP contribution >= 0.6 is 11.6 Å². The van der Waals surface area contributed by atoms with Crippen LogP contribution in [0, 0.1) is 18.3 Å². The van der Waals surface area contributed by atoms with Crippen molar-refractivity contribution in [1.82, 2.24) is 9.38 Å². The van der Waals surface area contributed by atoms with E-state index in [4.69, 9.17) is 16.6 Å². The molecule has 1 aliphatic rings. The van der Waals surface area contributed by atoms with Gasteiger partial charge in [0, 0.05) is 36.9 Å². The van der Waals surface area contributed by atoms with Gasteiger partial charge < -0.3 is 9.80 Å². The third kappa shape index (κ3) is 3.19. The van der Waals surface area contributed by atoms with Crippen molar-refractivity contribution in [2.75, 3.05) is 36.0 Å². The number of benzene rings is 2. The summed E-state index contributed by atoms with van der Waals surface area (Å²) in [5.74, 6) is 1.18. The highest BCUT2D eigenvalue weighted by atomic mass is 35.5. The normalized spacial score (nSPS) is 14.4. The molecule has 0 N–H and O–H groups in total. The van der Waals surface area contributed by atoms with Crippen molar-refractivity contribution in [2.24, 2.45) is 0 Å². The predicted molar refractivity (Wildman–Crippen MR) is 127 cm³/mol. The summed E-state index contributed by atoms with van der Waals surface area (Å²) < 4.78 is 2.21. The molecule has 156 valence electrons. The van der Waals surface area contributed by atoms with Crippen LogP contribution in [-0.4, -0.2) is 35.6 Å². The molecule has 3 heterocycles. The number of para-hydroxylation sites is 2. The second-order valence-electron chi connectivity index (χ2n) is 7.98. The summed E-state index contributed by atoms with van der Waals surface area (Å²) in [5, 5.41) is 10.7. The Bertz CT molecular complexity index is 1310. The molecule has 0 radical (unpaired) electrons. The maximum absolute atomic E-state index is 9.91. The van der Waals surface area contributed by atoms with Crippen LogP contribution in [0.1, 0.15) is 23.6 Å². The molecule has 1 saturated heterocycles. The zero-order chi connectivity index (χ0) is 21.5. The van der Waals surface area contributed by atoms with E-state index < -0.39 is 0 Å². The van der Waals surface area contributed by atoms with Crippen molar-refractivity contribution in [2.45, 2.75) is 20.3 Å². The highest BCUT2D eigenvalue weighted by molar-refractivity contribution is 6.30. The van der Waals surface area contributed by atoms with Crippen molar-refractivity contribution in [3.63, 3.8) is 0 Å². The minimum atomic E-state index is 0.677. The molecule has 0 saturated carbocycles. The molecule has 4 aromatic rings. The number of halogens is 1. The molecule has 2 aromatic heterocycles. The fourth-order valence-corrected chi connectivity index (χ4v) is 4.87. The molecule has 31 heavy (non-hydrogen) atoms. The van der Waals surface area contributed by atoms with Gasteiger partial charge in [-0.05, 0) is 60.9 Å². The molecule has 0 aliphatic carbocycles. The van der Waals surface area contributed by atoms with Gasteiger partial charge in [-0.15, -0.1) is 0 Å². The van der Waals surface area contributed by atoms with Gasteiger partial charge in [0.25, 0.3) is 0 Å². The lowest BCUT2D eigenvalue weighted by Crippen LogP contribution is -2.47. The standard InChI is InChI=1S/C25H24ClN5/c1-3-20-17(2)21(16-27)24-28-22-6-4-5-7-23(22)31(24)25(20)30-14-12-29(13-15-30)19-10-8-18(26)9-11-19/h4-11H,3,12-15H2,1-2H3. The largest absolute Gasteiger partial charge is 0.368 e. The Morgan fingerprint density at radius 2 is 1.68 bits per heavy atom. The second-order valence-corrected chi connectivity index (χ2v) is 8.41. The molecular weight excluding hydrogens is 406 g/mol. The number of aromatic nitrogens is 2. The monoisotopic (exact) mass is 429 g/mol. The molecule has 2 aromatic carbocycles. The summed E-state index contributed by atoms with van der Waals surface area (Å²) in [4.78, 5) is 9.70. The van der Waals surface area contributed by atoms with Crippen molar-refractivity contribution in [1.29, 1.82) is 5.26 Å². The maximum Gasteiger partial charge on any atom is 0.157 e. The van der Waals surface area contributed by atoms with Crippen molar-refractivity contribution in [3.05, 3.63) is 70.2 Å². The quantitative estimate of drug-likeness (QED) is 0.448. The number of nitriles is 1. The van der Waals surface area contributed by atoms with E-state index in [1.807, 2.05) is 30.3 Å². The highest BCUT2D eigenvalue weighted by Gasteiger charge is 2.26. The minimum absolute atomic E-state index is 0.677. The number of anilines is 2. The summed E-state index contributed by atoms with van der Waals surface area (Å²) in [5.41, 5.74) is 6.89. The fraction of sp³-hybridized carbons (Fsp3) is 0.280. The maximum atomic E-state index is 9.91. The molecule has 6 heteroatoms. The van der Waals surface area contributed by atoms with Gasteiger partial charge in [-0.2, -0.15) is 5.26 Å². The third-order valence-electron chi connectivity index (χ3n) is 6.33.